The molecule has 1 aromatic heterocycles. The summed E-state index contributed by atoms with van der Waals surface area (Å²) in [7, 11) is 0. The lowest BCUT2D eigenvalue weighted by Gasteiger charge is -1.91. The number of hydrogen-bond donors (Lipinski definition) is 0. The zero-order valence-electron chi connectivity index (χ0n) is 5.07. The summed E-state index contributed by atoms with van der Waals surface area (Å²) in [6.45, 7) is 1.73. The van der Waals surface area contributed by atoms with Crippen molar-refractivity contribution < 1.29 is 9.21 Å². The Morgan fingerprint density at radius 2 is 2.67 bits per heavy atom. The maximum atomic E-state index is 10.1. The van der Waals surface area contributed by atoms with Gasteiger partial charge >= 0.3 is 0 Å². The van der Waals surface area contributed by atoms with Gasteiger partial charge in [0, 0.05) is 0 Å². The Kier molecular flexibility index (Phi) is 1.63. The Bertz CT molecular complexity index is 181. The Balaban J connectivity index is 2.76. The molecule has 1 rings (SSSR count). The molecular weight excluding hydrogens is 118 g/mol. The fourth-order valence-electron chi connectivity index (χ4n) is 0.518. The first-order chi connectivity index (χ1) is 4.34. The minimum Gasteiger partial charge on any atom is -0.448 e. The number of oxazole rings is 1. The number of carbonyl (C=O) groups excluding carboxylic acids is 1. The largest absolute Gasteiger partial charge is 0.448 e. The van der Waals surface area contributed by atoms with Crippen LogP contribution in [0.5, 0.6) is 0 Å². The van der Waals surface area contributed by atoms with Crippen molar-refractivity contribution in [2.75, 3.05) is 0 Å². The molecule has 48 valence electrons. The number of aldehydes is 1. The van der Waals surface area contributed by atoms with Gasteiger partial charge in [-0.1, -0.05) is 0 Å². The molecule has 0 amide bonds. The van der Waals surface area contributed by atoms with Crippen molar-refractivity contribution in [3.05, 3.63) is 18.4 Å². The first-order valence-corrected chi connectivity index (χ1v) is 2.69. The van der Waals surface area contributed by atoms with E-state index in [2.05, 4.69) is 4.98 Å². The molecule has 0 saturated heterocycles. The van der Waals surface area contributed by atoms with Gasteiger partial charge in [-0.2, -0.15) is 0 Å². The molecule has 0 aliphatic rings. The average Bonchev–Trinajstić information content (AvgIpc) is 2.37. The molecular formula is C6H7NO2. The molecule has 1 heterocycles. The zero-order chi connectivity index (χ0) is 6.69. The van der Waals surface area contributed by atoms with Crippen molar-refractivity contribution in [3.63, 3.8) is 0 Å². The van der Waals surface area contributed by atoms with Gasteiger partial charge in [0.2, 0.25) is 5.89 Å². The van der Waals surface area contributed by atoms with Crippen LogP contribution in [-0.4, -0.2) is 11.3 Å². The Labute approximate surface area is 52.7 Å². The number of carbonyl (C=O) groups is 1. The summed E-state index contributed by atoms with van der Waals surface area (Å²) in [6, 6.07) is 0. The third-order valence-corrected chi connectivity index (χ3v) is 1.05. The first-order valence-electron chi connectivity index (χ1n) is 2.69. The Morgan fingerprint density at radius 3 is 3.11 bits per heavy atom. The highest BCUT2D eigenvalue weighted by molar-refractivity contribution is 5.58. The molecule has 0 saturated carbocycles. The van der Waals surface area contributed by atoms with Crippen LogP contribution in [0, 0.1) is 0 Å². The van der Waals surface area contributed by atoms with Crippen LogP contribution in [0.1, 0.15) is 18.7 Å². The van der Waals surface area contributed by atoms with E-state index in [1.807, 2.05) is 0 Å². The van der Waals surface area contributed by atoms with Gasteiger partial charge in [0.25, 0.3) is 0 Å². The van der Waals surface area contributed by atoms with E-state index in [4.69, 9.17) is 4.42 Å². The van der Waals surface area contributed by atoms with E-state index in [9.17, 15) is 4.79 Å². The van der Waals surface area contributed by atoms with Gasteiger partial charge in [0.05, 0.1) is 12.1 Å². The van der Waals surface area contributed by atoms with Gasteiger partial charge in [-0.25, -0.2) is 4.98 Å². The van der Waals surface area contributed by atoms with Gasteiger partial charge in [-0.3, -0.25) is 0 Å². The van der Waals surface area contributed by atoms with E-state index in [1.54, 1.807) is 6.92 Å². The fraction of sp³-hybridized carbons (Fsp3) is 0.333. The van der Waals surface area contributed by atoms with Gasteiger partial charge in [-0.05, 0) is 6.92 Å². The molecule has 0 aliphatic carbocycles. The normalized spacial score (nSPS) is 13.0. The Morgan fingerprint density at radius 1 is 1.89 bits per heavy atom. The van der Waals surface area contributed by atoms with Crippen molar-refractivity contribution in [3.8, 4) is 0 Å². The van der Waals surface area contributed by atoms with E-state index in [1.165, 1.54) is 12.5 Å². The van der Waals surface area contributed by atoms with Crippen LogP contribution in [0.2, 0.25) is 0 Å². The van der Waals surface area contributed by atoms with Crippen LogP contribution in [0.3, 0.4) is 0 Å². The predicted octanol–water partition coefficient (Wildman–Crippen LogP) is 0.977. The van der Waals surface area contributed by atoms with E-state index in [0.29, 0.717) is 5.89 Å². The summed E-state index contributed by atoms with van der Waals surface area (Å²) in [4.78, 5) is 13.9. The number of rotatable bonds is 2. The predicted molar refractivity (Wildman–Crippen MR) is 31.0 cm³/mol. The minimum absolute atomic E-state index is 0.222. The van der Waals surface area contributed by atoms with Gasteiger partial charge in [0.1, 0.15) is 12.5 Å². The molecule has 3 heteroatoms. The topological polar surface area (TPSA) is 43.1 Å². The molecule has 0 radical (unpaired) electrons. The van der Waals surface area contributed by atoms with Crippen LogP contribution in [0.25, 0.3) is 0 Å². The highest BCUT2D eigenvalue weighted by Gasteiger charge is 2.06. The highest BCUT2D eigenvalue weighted by atomic mass is 16.3. The van der Waals surface area contributed by atoms with Crippen molar-refractivity contribution in [2.45, 2.75) is 12.8 Å². The number of hydrogen-bond acceptors (Lipinski definition) is 3. The molecule has 0 fully saturated rings. The lowest BCUT2D eigenvalue weighted by molar-refractivity contribution is -0.109. The molecule has 0 bridgehead atoms. The average molecular weight is 125 g/mol. The van der Waals surface area contributed by atoms with Crippen molar-refractivity contribution in [2.24, 2.45) is 0 Å². The summed E-state index contributed by atoms with van der Waals surface area (Å²) in [5.74, 6) is 0.255. The molecule has 1 unspecified atom stereocenters. The van der Waals surface area contributed by atoms with E-state index in [-0.39, 0.29) is 5.92 Å². The van der Waals surface area contributed by atoms with Gasteiger partial charge in [-0.15, -0.1) is 0 Å². The minimum atomic E-state index is -0.222. The monoisotopic (exact) mass is 125 g/mol. The lowest BCUT2D eigenvalue weighted by atomic mass is 10.2. The van der Waals surface area contributed by atoms with Crippen LogP contribution in [-0.2, 0) is 4.79 Å². The third kappa shape index (κ3) is 1.16. The third-order valence-electron chi connectivity index (χ3n) is 1.05. The summed E-state index contributed by atoms with van der Waals surface area (Å²) in [6.07, 6.45) is 3.77. The maximum absolute atomic E-state index is 10.1. The fourth-order valence-corrected chi connectivity index (χ4v) is 0.518. The molecule has 1 aromatic rings. The quantitative estimate of drug-likeness (QED) is 0.553. The number of aromatic nitrogens is 1. The van der Waals surface area contributed by atoms with E-state index < -0.39 is 0 Å². The smallest absolute Gasteiger partial charge is 0.203 e. The molecule has 3 nitrogen and oxygen atoms in total. The van der Waals surface area contributed by atoms with E-state index >= 15 is 0 Å². The van der Waals surface area contributed by atoms with E-state index in [0.717, 1.165) is 6.29 Å². The summed E-state index contributed by atoms with van der Waals surface area (Å²) < 4.78 is 4.84. The molecule has 9 heavy (non-hydrogen) atoms. The summed E-state index contributed by atoms with van der Waals surface area (Å²) >= 11 is 0. The number of nitrogens with zero attached hydrogens (tertiary/aromatic N) is 1. The summed E-state index contributed by atoms with van der Waals surface area (Å²) in [5.41, 5.74) is 0. The first kappa shape index (κ1) is 6.01. The van der Waals surface area contributed by atoms with Crippen molar-refractivity contribution >= 4 is 6.29 Å². The zero-order valence-corrected chi connectivity index (χ0v) is 5.07. The summed E-state index contributed by atoms with van der Waals surface area (Å²) in [5, 5.41) is 0. The second-order valence-electron chi connectivity index (χ2n) is 1.80. The Hall–Kier alpha value is -1.12. The molecule has 0 aliphatic heterocycles. The highest BCUT2D eigenvalue weighted by Crippen LogP contribution is 2.07. The van der Waals surface area contributed by atoms with Crippen LogP contribution in [0.4, 0.5) is 0 Å². The van der Waals surface area contributed by atoms with Crippen LogP contribution < -0.4 is 0 Å². The molecule has 0 spiro atoms. The SMILES string of the molecule is CC(C=O)c1ncco1. The van der Waals surface area contributed by atoms with Crippen LogP contribution >= 0.6 is 0 Å². The molecule has 0 N–H and O–H groups in total. The molecule has 1 atom stereocenters. The van der Waals surface area contributed by atoms with Crippen molar-refractivity contribution in [1.29, 1.82) is 0 Å². The van der Waals surface area contributed by atoms with Gasteiger partial charge < -0.3 is 9.21 Å². The lowest BCUT2D eigenvalue weighted by Crippen LogP contribution is -1.92. The van der Waals surface area contributed by atoms with Crippen LogP contribution in [0.15, 0.2) is 16.9 Å². The second-order valence-corrected chi connectivity index (χ2v) is 1.80. The standard InChI is InChI=1S/C6H7NO2/c1-5(4-8)6-7-2-3-9-6/h2-5H,1H3. The van der Waals surface area contributed by atoms with Gasteiger partial charge in [0.15, 0.2) is 0 Å². The molecule has 0 aromatic carbocycles. The maximum Gasteiger partial charge on any atom is 0.203 e. The van der Waals surface area contributed by atoms with Crippen molar-refractivity contribution in [1.82, 2.24) is 4.98 Å². The second kappa shape index (κ2) is 2.44.